The topological polar surface area (TPSA) is 112 Å². The summed E-state index contributed by atoms with van der Waals surface area (Å²) in [6.07, 6.45) is 8.80. The maximum Gasteiger partial charge on any atom is 0.331 e. The van der Waals surface area contributed by atoms with E-state index in [9.17, 15) is 9.59 Å². The Kier molecular flexibility index (Phi) is 6.12. The molecule has 0 saturated carbocycles. The Morgan fingerprint density at radius 1 is 1.12 bits per heavy atom. The molecule has 0 saturated heterocycles. The molecule has 9 heteroatoms. The number of ether oxygens (including phenoxy) is 1. The number of amides is 1. The van der Waals surface area contributed by atoms with Crippen LogP contribution in [0, 0.1) is 0 Å². The summed E-state index contributed by atoms with van der Waals surface area (Å²) < 4.78 is 6.62. The molecule has 0 radical (unpaired) electrons. The molecule has 1 atom stereocenters. The summed E-state index contributed by atoms with van der Waals surface area (Å²) in [5.41, 5.74) is 2.02. The minimum absolute atomic E-state index is 0.361. The predicted molar refractivity (Wildman–Crippen MR) is 122 cm³/mol. The number of fused-ring (bicyclic) bond motifs is 1. The van der Waals surface area contributed by atoms with Crippen LogP contribution >= 0.6 is 0 Å². The number of aromatic nitrogens is 5. The fourth-order valence-corrected chi connectivity index (χ4v) is 3.50. The number of carbonyl (C=O) groups excluding carboxylic acids is 2. The molecule has 0 aromatic carbocycles. The number of esters is 1. The van der Waals surface area contributed by atoms with Crippen LogP contribution in [-0.4, -0.2) is 49.3 Å². The van der Waals surface area contributed by atoms with E-state index in [4.69, 9.17) is 9.72 Å². The lowest BCUT2D eigenvalue weighted by atomic mass is 9.98. The lowest BCUT2D eigenvalue weighted by Gasteiger charge is -2.26. The molecular formula is C24H24N6O3. The molecule has 0 aliphatic carbocycles. The van der Waals surface area contributed by atoms with Gasteiger partial charge in [0.05, 0.1) is 36.5 Å². The molecule has 9 nitrogen and oxygen atoms in total. The SMILES string of the molecule is CC[C@](C)(NC(=O)c1cc(-c2cccnc2)nc2c1cnn2Cc1cccnc1)C(=O)OC. The number of methoxy groups -OCH3 is 1. The maximum absolute atomic E-state index is 13.4. The Labute approximate surface area is 190 Å². The molecule has 0 spiro atoms. The van der Waals surface area contributed by atoms with Crippen LogP contribution < -0.4 is 5.32 Å². The van der Waals surface area contributed by atoms with Gasteiger partial charge in [0.15, 0.2) is 5.65 Å². The van der Waals surface area contributed by atoms with Gasteiger partial charge in [0, 0.05) is 30.4 Å². The number of nitrogens with one attached hydrogen (secondary N) is 1. The molecule has 4 rings (SSSR count). The number of nitrogens with zero attached hydrogens (tertiary/aromatic N) is 5. The van der Waals surface area contributed by atoms with Crippen molar-refractivity contribution in [2.75, 3.05) is 7.11 Å². The molecule has 4 aromatic rings. The van der Waals surface area contributed by atoms with E-state index in [2.05, 4.69) is 20.4 Å². The zero-order chi connectivity index (χ0) is 23.4. The third-order valence-electron chi connectivity index (χ3n) is 5.60. The largest absolute Gasteiger partial charge is 0.467 e. The Morgan fingerprint density at radius 2 is 1.88 bits per heavy atom. The number of hydrogen-bond acceptors (Lipinski definition) is 7. The van der Waals surface area contributed by atoms with E-state index in [1.165, 1.54) is 7.11 Å². The van der Waals surface area contributed by atoms with Crippen molar-refractivity contribution in [1.82, 2.24) is 30.0 Å². The summed E-state index contributed by atoms with van der Waals surface area (Å²) in [6.45, 7) is 3.89. The normalized spacial score (nSPS) is 12.8. The second-order valence-corrected chi connectivity index (χ2v) is 7.83. The lowest BCUT2D eigenvalue weighted by molar-refractivity contribution is -0.147. The molecule has 0 unspecified atom stereocenters. The predicted octanol–water partition coefficient (Wildman–Crippen LogP) is 3.01. The van der Waals surface area contributed by atoms with E-state index in [1.807, 2.05) is 25.1 Å². The van der Waals surface area contributed by atoms with Gasteiger partial charge in [0.25, 0.3) is 5.91 Å². The van der Waals surface area contributed by atoms with E-state index in [-0.39, 0.29) is 0 Å². The third kappa shape index (κ3) is 4.43. The van der Waals surface area contributed by atoms with Crippen LogP contribution in [0.1, 0.15) is 36.2 Å². The Morgan fingerprint density at radius 3 is 2.52 bits per heavy atom. The van der Waals surface area contributed by atoms with E-state index < -0.39 is 17.4 Å². The van der Waals surface area contributed by atoms with Gasteiger partial charge in [-0.1, -0.05) is 13.0 Å². The van der Waals surface area contributed by atoms with Gasteiger partial charge in [-0.3, -0.25) is 14.8 Å². The fourth-order valence-electron chi connectivity index (χ4n) is 3.50. The Balaban J connectivity index is 1.82. The zero-order valence-corrected chi connectivity index (χ0v) is 18.6. The van der Waals surface area contributed by atoms with E-state index in [0.717, 1.165) is 11.1 Å². The molecule has 0 aliphatic heterocycles. The number of rotatable bonds is 7. The second kappa shape index (κ2) is 9.15. The van der Waals surface area contributed by atoms with Crippen molar-refractivity contribution in [3.63, 3.8) is 0 Å². The monoisotopic (exact) mass is 444 g/mol. The summed E-state index contributed by atoms with van der Waals surface area (Å²) in [5.74, 6) is -0.924. The highest BCUT2D eigenvalue weighted by molar-refractivity contribution is 6.08. The standard InChI is InChI=1S/C24H24N6O3/c1-4-24(2,23(32)33-3)29-22(31)18-11-20(17-8-6-10-26-13-17)28-21-19(18)14-27-30(21)15-16-7-5-9-25-12-16/h5-14H,4,15H2,1-3H3,(H,29,31)/t24-/m0/s1. The first-order valence-electron chi connectivity index (χ1n) is 10.5. The summed E-state index contributed by atoms with van der Waals surface area (Å²) in [5, 5.41) is 7.89. The average molecular weight is 444 g/mol. The minimum atomic E-state index is -1.17. The van der Waals surface area contributed by atoms with Crippen molar-refractivity contribution < 1.29 is 14.3 Å². The molecule has 4 heterocycles. The van der Waals surface area contributed by atoms with Crippen molar-refractivity contribution in [1.29, 1.82) is 0 Å². The van der Waals surface area contributed by atoms with Crippen molar-refractivity contribution in [3.05, 3.63) is 72.4 Å². The molecule has 1 N–H and O–H groups in total. The highest BCUT2D eigenvalue weighted by Gasteiger charge is 2.35. The van der Waals surface area contributed by atoms with Crippen molar-refractivity contribution in [3.8, 4) is 11.3 Å². The molecule has 0 bridgehead atoms. The molecule has 4 aromatic heterocycles. The van der Waals surface area contributed by atoms with Gasteiger partial charge >= 0.3 is 5.97 Å². The average Bonchev–Trinajstić information content (AvgIpc) is 3.26. The first-order chi connectivity index (χ1) is 15.9. The first-order valence-corrected chi connectivity index (χ1v) is 10.5. The van der Waals surface area contributed by atoms with E-state index in [1.54, 1.807) is 54.7 Å². The summed E-state index contributed by atoms with van der Waals surface area (Å²) >= 11 is 0. The maximum atomic E-state index is 13.4. The third-order valence-corrected chi connectivity index (χ3v) is 5.60. The lowest BCUT2D eigenvalue weighted by Crippen LogP contribution is -2.52. The number of pyridine rings is 3. The van der Waals surface area contributed by atoms with Gasteiger partial charge in [-0.25, -0.2) is 14.5 Å². The molecule has 168 valence electrons. The van der Waals surface area contributed by atoms with Gasteiger partial charge in [-0.05, 0) is 43.2 Å². The van der Waals surface area contributed by atoms with Gasteiger partial charge in [-0.15, -0.1) is 0 Å². The van der Waals surface area contributed by atoms with E-state index in [0.29, 0.717) is 35.3 Å². The van der Waals surface area contributed by atoms with Crippen LogP contribution in [0.25, 0.3) is 22.3 Å². The highest BCUT2D eigenvalue weighted by atomic mass is 16.5. The van der Waals surface area contributed by atoms with Crippen LogP contribution in [0.5, 0.6) is 0 Å². The quantitative estimate of drug-likeness (QED) is 0.436. The summed E-state index contributed by atoms with van der Waals surface area (Å²) in [7, 11) is 1.30. The first kappa shape index (κ1) is 22.1. The van der Waals surface area contributed by atoms with Crippen LogP contribution in [0.4, 0.5) is 0 Å². The van der Waals surface area contributed by atoms with Gasteiger partial charge in [0.1, 0.15) is 5.54 Å². The fraction of sp³-hybridized carbons (Fsp3) is 0.250. The van der Waals surface area contributed by atoms with Crippen molar-refractivity contribution in [2.45, 2.75) is 32.4 Å². The Bertz CT molecular complexity index is 1290. The zero-order valence-electron chi connectivity index (χ0n) is 18.6. The minimum Gasteiger partial charge on any atom is -0.467 e. The van der Waals surface area contributed by atoms with Crippen LogP contribution in [0.15, 0.2) is 61.3 Å². The molecular weight excluding hydrogens is 420 g/mol. The van der Waals surface area contributed by atoms with Crippen LogP contribution in [0.2, 0.25) is 0 Å². The van der Waals surface area contributed by atoms with Crippen LogP contribution in [0.3, 0.4) is 0 Å². The second-order valence-electron chi connectivity index (χ2n) is 7.83. The van der Waals surface area contributed by atoms with Crippen molar-refractivity contribution in [2.24, 2.45) is 0 Å². The van der Waals surface area contributed by atoms with Crippen molar-refractivity contribution >= 4 is 22.9 Å². The van der Waals surface area contributed by atoms with Crippen LogP contribution in [-0.2, 0) is 16.1 Å². The molecule has 33 heavy (non-hydrogen) atoms. The molecule has 0 aliphatic rings. The summed E-state index contributed by atoms with van der Waals surface area (Å²) in [4.78, 5) is 38.8. The Hall–Kier alpha value is -4.14. The molecule has 0 fully saturated rings. The smallest absolute Gasteiger partial charge is 0.331 e. The van der Waals surface area contributed by atoms with Gasteiger partial charge in [-0.2, -0.15) is 5.10 Å². The van der Waals surface area contributed by atoms with Gasteiger partial charge < -0.3 is 10.1 Å². The molecule has 1 amide bonds. The van der Waals surface area contributed by atoms with E-state index >= 15 is 0 Å². The summed E-state index contributed by atoms with van der Waals surface area (Å²) in [6, 6.07) is 9.17. The number of hydrogen-bond donors (Lipinski definition) is 1. The number of carbonyl (C=O) groups is 2. The van der Waals surface area contributed by atoms with Gasteiger partial charge in [0.2, 0.25) is 0 Å². The highest BCUT2D eigenvalue weighted by Crippen LogP contribution is 2.26.